The largest absolute Gasteiger partial charge is 0.472 e. The Balaban J connectivity index is 1.68. The number of amides is 1. The Kier molecular flexibility index (Phi) is 4.27. The molecule has 2 aromatic heterocycles. The highest BCUT2D eigenvalue weighted by Gasteiger charge is 2.26. The van der Waals surface area contributed by atoms with Gasteiger partial charge in [-0.05, 0) is 31.9 Å². The fourth-order valence-corrected chi connectivity index (χ4v) is 2.62. The molecule has 1 atom stereocenters. The first-order valence-electron chi connectivity index (χ1n) is 7.37. The Morgan fingerprint density at radius 3 is 3.00 bits per heavy atom. The zero-order valence-corrected chi connectivity index (χ0v) is 12.5. The SMILES string of the molecule is Cc1ncccc1C(=O)N1CCC[C@H](Oc2ccncn2)C1. The maximum absolute atomic E-state index is 12.6. The van der Waals surface area contributed by atoms with Crippen molar-refractivity contribution < 1.29 is 9.53 Å². The second-order valence-electron chi connectivity index (χ2n) is 5.32. The number of nitrogens with zero attached hydrogens (tertiary/aromatic N) is 4. The number of rotatable bonds is 3. The third kappa shape index (κ3) is 3.21. The van der Waals surface area contributed by atoms with Crippen LogP contribution >= 0.6 is 0 Å². The smallest absolute Gasteiger partial charge is 0.255 e. The topological polar surface area (TPSA) is 68.2 Å². The van der Waals surface area contributed by atoms with E-state index in [1.165, 1.54) is 6.33 Å². The molecule has 0 aromatic carbocycles. The maximum atomic E-state index is 12.6. The Labute approximate surface area is 129 Å². The number of piperidine rings is 1. The van der Waals surface area contributed by atoms with Gasteiger partial charge in [0, 0.05) is 30.7 Å². The molecule has 0 radical (unpaired) electrons. The molecule has 0 saturated carbocycles. The van der Waals surface area contributed by atoms with Crippen LogP contribution in [0.5, 0.6) is 5.88 Å². The van der Waals surface area contributed by atoms with Gasteiger partial charge < -0.3 is 9.64 Å². The molecule has 0 unspecified atom stereocenters. The lowest BCUT2D eigenvalue weighted by molar-refractivity contribution is 0.0526. The van der Waals surface area contributed by atoms with Crippen molar-refractivity contribution in [1.82, 2.24) is 19.9 Å². The average Bonchev–Trinajstić information content (AvgIpc) is 2.56. The minimum Gasteiger partial charge on any atom is -0.472 e. The van der Waals surface area contributed by atoms with Crippen LogP contribution in [0.1, 0.15) is 28.9 Å². The lowest BCUT2D eigenvalue weighted by atomic mass is 10.1. The quantitative estimate of drug-likeness (QED) is 0.865. The van der Waals surface area contributed by atoms with Crippen LogP contribution in [0.25, 0.3) is 0 Å². The fourth-order valence-electron chi connectivity index (χ4n) is 2.62. The Hall–Kier alpha value is -2.50. The van der Waals surface area contributed by atoms with E-state index in [0.717, 1.165) is 25.1 Å². The summed E-state index contributed by atoms with van der Waals surface area (Å²) in [4.78, 5) is 26.6. The summed E-state index contributed by atoms with van der Waals surface area (Å²) < 4.78 is 5.84. The molecule has 1 aliphatic rings. The monoisotopic (exact) mass is 298 g/mol. The van der Waals surface area contributed by atoms with Crippen LogP contribution in [0, 0.1) is 6.92 Å². The summed E-state index contributed by atoms with van der Waals surface area (Å²) in [6, 6.07) is 5.34. The first kappa shape index (κ1) is 14.4. The molecule has 2 aromatic rings. The minimum absolute atomic E-state index is 0.0154. The molecule has 1 amide bonds. The molecule has 3 heterocycles. The number of aromatic nitrogens is 3. The summed E-state index contributed by atoms with van der Waals surface area (Å²) in [5, 5.41) is 0. The third-order valence-corrected chi connectivity index (χ3v) is 3.74. The van der Waals surface area contributed by atoms with E-state index in [1.54, 1.807) is 24.5 Å². The van der Waals surface area contributed by atoms with E-state index in [9.17, 15) is 4.79 Å². The van der Waals surface area contributed by atoms with Gasteiger partial charge in [0.15, 0.2) is 0 Å². The molecule has 0 bridgehead atoms. The van der Waals surface area contributed by atoms with Gasteiger partial charge in [-0.25, -0.2) is 9.97 Å². The van der Waals surface area contributed by atoms with E-state index in [4.69, 9.17) is 4.74 Å². The summed E-state index contributed by atoms with van der Waals surface area (Å²) in [6.07, 6.45) is 6.60. The van der Waals surface area contributed by atoms with Gasteiger partial charge in [0.2, 0.25) is 5.88 Å². The number of aryl methyl sites for hydroxylation is 1. The van der Waals surface area contributed by atoms with Gasteiger partial charge in [0.1, 0.15) is 12.4 Å². The molecule has 1 fully saturated rings. The van der Waals surface area contributed by atoms with Crippen molar-refractivity contribution in [2.75, 3.05) is 13.1 Å². The van der Waals surface area contributed by atoms with Gasteiger partial charge in [-0.3, -0.25) is 9.78 Å². The van der Waals surface area contributed by atoms with Gasteiger partial charge in [0.25, 0.3) is 5.91 Å². The van der Waals surface area contributed by atoms with Crippen molar-refractivity contribution in [2.45, 2.75) is 25.9 Å². The predicted octanol–water partition coefficient (Wildman–Crippen LogP) is 1.86. The third-order valence-electron chi connectivity index (χ3n) is 3.74. The molecule has 114 valence electrons. The fraction of sp³-hybridized carbons (Fsp3) is 0.375. The number of hydrogen-bond donors (Lipinski definition) is 0. The summed E-state index contributed by atoms with van der Waals surface area (Å²) in [7, 11) is 0. The van der Waals surface area contributed by atoms with E-state index in [0.29, 0.717) is 18.0 Å². The van der Waals surface area contributed by atoms with Crippen LogP contribution in [-0.4, -0.2) is 45.0 Å². The molecule has 1 saturated heterocycles. The van der Waals surface area contributed by atoms with Crippen LogP contribution in [-0.2, 0) is 0 Å². The van der Waals surface area contributed by atoms with E-state index in [2.05, 4.69) is 15.0 Å². The number of pyridine rings is 1. The normalized spacial score (nSPS) is 18.0. The highest BCUT2D eigenvalue weighted by molar-refractivity contribution is 5.95. The van der Waals surface area contributed by atoms with E-state index >= 15 is 0 Å². The molecule has 3 rings (SSSR count). The van der Waals surface area contributed by atoms with Crippen LogP contribution in [0.4, 0.5) is 0 Å². The lowest BCUT2D eigenvalue weighted by Crippen LogP contribution is -2.44. The Morgan fingerprint density at radius 1 is 1.32 bits per heavy atom. The van der Waals surface area contributed by atoms with Crippen molar-refractivity contribution in [3.63, 3.8) is 0 Å². The van der Waals surface area contributed by atoms with Gasteiger partial charge in [0.05, 0.1) is 12.1 Å². The molecule has 6 heteroatoms. The van der Waals surface area contributed by atoms with Crippen molar-refractivity contribution in [1.29, 1.82) is 0 Å². The Morgan fingerprint density at radius 2 is 2.23 bits per heavy atom. The molecule has 6 nitrogen and oxygen atoms in total. The molecular weight excluding hydrogens is 280 g/mol. The number of hydrogen-bond acceptors (Lipinski definition) is 5. The summed E-state index contributed by atoms with van der Waals surface area (Å²) in [6.45, 7) is 3.17. The van der Waals surface area contributed by atoms with Crippen molar-refractivity contribution in [3.8, 4) is 5.88 Å². The van der Waals surface area contributed by atoms with Crippen LogP contribution in [0.15, 0.2) is 36.9 Å². The first-order valence-corrected chi connectivity index (χ1v) is 7.37. The number of likely N-dealkylation sites (tertiary alicyclic amines) is 1. The molecular formula is C16H18N4O2. The second-order valence-corrected chi connectivity index (χ2v) is 5.32. The highest BCUT2D eigenvalue weighted by atomic mass is 16.5. The second kappa shape index (κ2) is 6.51. The van der Waals surface area contributed by atoms with Gasteiger partial charge in [-0.2, -0.15) is 0 Å². The lowest BCUT2D eigenvalue weighted by Gasteiger charge is -2.32. The first-order chi connectivity index (χ1) is 10.7. The molecule has 0 spiro atoms. The number of ether oxygens (including phenoxy) is 1. The van der Waals surface area contributed by atoms with Crippen molar-refractivity contribution in [2.24, 2.45) is 0 Å². The molecule has 22 heavy (non-hydrogen) atoms. The van der Waals surface area contributed by atoms with Crippen molar-refractivity contribution >= 4 is 5.91 Å². The molecule has 1 aliphatic heterocycles. The van der Waals surface area contributed by atoms with E-state index < -0.39 is 0 Å². The standard InChI is InChI=1S/C16H18N4O2/c1-12-14(5-2-7-18-12)16(21)20-9-3-4-13(10-20)22-15-6-8-17-11-19-15/h2,5-8,11,13H,3-4,9-10H2,1H3/t13-/m0/s1. The van der Waals surface area contributed by atoms with E-state index in [-0.39, 0.29) is 12.0 Å². The summed E-state index contributed by atoms with van der Waals surface area (Å²) in [5.74, 6) is 0.563. The zero-order chi connectivity index (χ0) is 15.4. The molecule has 0 aliphatic carbocycles. The summed E-state index contributed by atoms with van der Waals surface area (Å²) in [5.41, 5.74) is 1.41. The van der Waals surface area contributed by atoms with Crippen LogP contribution in [0.2, 0.25) is 0 Å². The van der Waals surface area contributed by atoms with Gasteiger partial charge in [-0.1, -0.05) is 0 Å². The highest BCUT2D eigenvalue weighted by Crippen LogP contribution is 2.18. The van der Waals surface area contributed by atoms with Gasteiger partial charge in [-0.15, -0.1) is 0 Å². The minimum atomic E-state index is -0.0374. The van der Waals surface area contributed by atoms with Crippen LogP contribution in [0.3, 0.4) is 0 Å². The van der Waals surface area contributed by atoms with Crippen molar-refractivity contribution in [3.05, 3.63) is 48.2 Å². The summed E-state index contributed by atoms with van der Waals surface area (Å²) >= 11 is 0. The van der Waals surface area contributed by atoms with Crippen LogP contribution < -0.4 is 4.74 Å². The number of carbonyl (C=O) groups is 1. The van der Waals surface area contributed by atoms with E-state index in [1.807, 2.05) is 17.9 Å². The Bertz CT molecular complexity index is 648. The maximum Gasteiger partial charge on any atom is 0.255 e. The zero-order valence-electron chi connectivity index (χ0n) is 12.5. The predicted molar refractivity (Wildman–Crippen MR) is 80.6 cm³/mol. The number of carbonyl (C=O) groups excluding carboxylic acids is 1. The van der Waals surface area contributed by atoms with Gasteiger partial charge >= 0.3 is 0 Å². The molecule has 0 N–H and O–H groups in total. The average molecular weight is 298 g/mol.